The number of nitro groups is 1. The Labute approximate surface area is 105 Å². The first-order valence-corrected chi connectivity index (χ1v) is 6.88. The molecule has 0 aliphatic heterocycles. The number of para-hydroxylation sites is 1. The van der Waals surface area contributed by atoms with Crippen LogP contribution in [-0.4, -0.2) is 26.1 Å². The summed E-state index contributed by atoms with van der Waals surface area (Å²) in [6.07, 6.45) is 0.935. The van der Waals surface area contributed by atoms with Crippen LogP contribution in [0.5, 0.6) is 0 Å². The molecule has 0 saturated heterocycles. The van der Waals surface area contributed by atoms with Gasteiger partial charge in [-0.2, -0.15) is 0 Å². The van der Waals surface area contributed by atoms with Gasteiger partial charge in [0.1, 0.15) is 10.6 Å². The monoisotopic (exact) mass is 268 g/mol. The maximum absolute atomic E-state index is 11.5. The minimum atomic E-state index is -3.65. The van der Waals surface area contributed by atoms with Crippen LogP contribution in [-0.2, 0) is 9.84 Å². The maximum atomic E-state index is 11.5. The Bertz CT molecular complexity index is 626. The number of nitrogens with zero attached hydrogens (tertiary/aromatic N) is 1. The zero-order valence-corrected chi connectivity index (χ0v) is 10.7. The molecule has 96 valence electrons. The van der Waals surface area contributed by atoms with Gasteiger partial charge >= 0.3 is 5.69 Å². The van der Waals surface area contributed by atoms with E-state index in [1.54, 1.807) is 6.92 Å². The molecule has 0 bridgehead atoms. The fourth-order valence-corrected chi connectivity index (χ4v) is 2.24. The molecule has 0 fully saturated rings. The van der Waals surface area contributed by atoms with Crippen LogP contribution < -0.4 is 5.32 Å². The second-order valence-corrected chi connectivity index (χ2v) is 5.45. The van der Waals surface area contributed by atoms with Gasteiger partial charge in [-0.1, -0.05) is 12.0 Å². The first kappa shape index (κ1) is 14.0. The SMILES string of the molecule is CC#CCNc1cccc(S(C)(=O)=O)c1[N+](=O)[O-]. The fourth-order valence-electron chi connectivity index (χ4n) is 1.38. The minimum Gasteiger partial charge on any atom is -0.369 e. The van der Waals surface area contributed by atoms with Crippen LogP contribution >= 0.6 is 0 Å². The molecule has 0 amide bonds. The third kappa shape index (κ3) is 3.21. The zero-order valence-electron chi connectivity index (χ0n) is 9.93. The number of anilines is 1. The van der Waals surface area contributed by atoms with Crippen LogP contribution in [0.15, 0.2) is 23.1 Å². The number of sulfone groups is 1. The fraction of sp³-hybridized carbons (Fsp3) is 0.273. The summed E-state index contributed by atoms with van der Waals surface area (Å²) < 4.78 is 23.0. The lowest BCUT2D eigenvalue weighted by atomic mass is 10.2. The van der Waals surface area contributed by atoms with E-state index in [1.165, 1.54) is 18.2 Å². The second-order valence-electron chi connectivity index (χ2n) is 3.46. The highest BCUT2D eigenvalue weighted by Gasteiger charge is 2.25. The summed E-state index contributed by atoms with van der Waals surface area (Å²) in [5.41, 5.74) is -0.302. The molecule has 0 heterocycles. The van der Waals surface area contributed by atoms with Crippen LogP contribution in [0.25, 0.3) is 0 Å². The Morgan fingerprint density at radius 2 is 2.11 bits per heavy atom. The summed E-state index contributed by atoms with van der Waals surface area (Å²) in [5.74, 6) is 5.32. The topological polar surface area (TPSA) is 89.3 Å². The number of nitrogens with one attached hydrogen (secondary N) is 1. The van der Waals surface area contributed by atoms with Crippen LogP contribution in [0.2, 0.25) is 0 Å². The van der Waals surface area contributed by atoms with Crippen LogP contribution in [0.3, 0.4) is 0 Å². The highest BCUT2D eigenvalue weighted by molar-refractivity contribution is 7.90. The predicted molar refractivity (Wildman–Crippen MR) is 68.1 cm³/mol. The lowest BCUT2D eigenvalue weighted by molar-refractivity contribution is -0.386. The van der Waals surface area contributed by atoms with E-state index in [2.05, 4.69) is 17.2 Å². The molecule has 0 aromatic heterocycles. The van der Waals surface area contributed by atoms with Crippen molar-refractivity contribution < 1.29 is 13.3 Å². The van der Waals surface area contributed by atoms with E-state index >= 15 is 0 Å². The van der Waals surface area contributed by atoms with Gasteiger partial charge in [-0.15, -0.1) is 5.92 Å². The molecule has 0 unspecified atom stereocenters. The van der Waals surface area contributed by atoms with Gasteiger partial charge in [0.25, 0.3) is 0 Å². The third-order valence-corrected chi connectivity index (χ3v) is 3.25. The summed E-state index contributed by atoms with van der Waals surface area (Å²) in [6, 6.07) is 4.11. The van der Waals surface area contributed by atoms with E-state index < -0.39 is 20.4 Å². The molecule has 1 aromatic rings. The minimum absolute atomic E-state index is 0.144. The Morgan fingerprint density at radius 3 is 2.61 bits per heavy atom. The molecule has 1 N–H and O–H groups in total. The van der Waals surface area contributed by atoms with Crippen molar-refractivity contribution in [1.29, 1.82) is 0 Å². The van der Waals surface area contributed by atoms with Crippen LogP contribution in [0.1, 0.15) is 6.92 Å². The number of rotatable bonds is 4. The molecule has 0 radical (unpaired) electrons. The molecule has 0 aliphatic carbocycles. The second kappa shape index (κ2) is 5.51. The number of hydrogen-bond donors (Lipinski definition) is 1. The Kier molecular flexibility index (Phi) is 4.28. The highest BCUT2D eigenvalue weighted by Crippen LogP contribution is 2.31. The van der Waals surface area contributed by atoms with Crippen molar-refractivity contribution in [3.8, 4) is 11.8 Å². The molecule has 6 nitrogen and oxygen atoms in total. The molecule has 1 aromatic carbocycles. The van der Waals surface area contributed by atoms with Crippen molar-refractivity contribution >= 4 is 21.2 Å². The molecular weight excluding hydrogens is 256 g/mol. The van der Waals surface area contributed by atoms with E-state index in [0.29, 0.717) is 0 Å². The van der Waals surface area contributed by atoms with Crippen molar-refractivity contribution in [2.24, 2.45) is 0 Å². The largest absolute Gasteiger partial charge is 0.369 e. The van der Waals surface area contributed by atoms with E-state index in [-0.39, 0.29) is 17.1 Å². The summed E-state index contributed by atoms with van der Waals surface area (Å²) in [6.45, 7) is 1.85. The van der Waals surface area contributed by atoms with Gasteiger partial charge in [0.05, 0.1) is 11.5 Å². The predicted octanol–water partition coefficient (Wildman–Crippen LogP) is 1.43. The van der Waals surface area contributed by atoms with Crippen molar-refractivity contribution in [3.05, 3.63) is 28.3 Å². The molecule has 0 spiro atoms. The molecular formula is C11H12N2O4S. The summed E-state index contributed by atoms with van der Waals surface area (Å²) in [7, 11) is -3.65. The first-order valence-electron chi connectivity index (χ1n) is 4.99. The van der Waals surface area contributed by atoms with Gasteiger partial charge in [0.15, 0.2) is 9.84 Å². The summed E-state index contributed by atoms with van der Waals surface area (Å²) in [4.78, 5) is 9.97. The lowest BCUT2D eigenvalue weighted by Crippen LogP contribution is -2.07. The quantitative estimate of drug-likeness (QED) is 0.507. The van der Waals surface area contributed by atoms with Crippen molar-refractivity contribution in [2.75, 3.05) is 18.1 Å². The molecule has 0 atom stereocenters. The van der Waals surface area contributed by atoms with Gasteiger partial charge in [-0.3, -0.25) is 10.1 Å². The first-order chi connectivity index (χ1) is 8.38. The number of nitro benzene ring substituents is 1. The van der Waals surface area contributed by atoms with E-state index in [0.717, 1.165) is 6.26 Å². The van der Waals surface area contributed by atoms with Gasteiger partial charge in [-0.25, -0.2) is 8.42 Å². The Balaban J connectivity index is 3.34. The number of hydrogen-bond acceptors (Lipinski definition) is 5. The van der Waals surface area contributed by atoms with E-state index in [9.17, 15) is 18.5 Å². The lowest BCUT2D eigenvalue weighted by Gasteiger charge is -2.07. The third-order valence-electron chi connectivity index (χ3n) is 2.13. The van der Waals surface area contributed by atoms with Crippen molar-refractivity contribution in [2.45, 2.75) is 11.8 Å². The molecule has 0 saturated carbocycles. The average Bonchev–Trinajstić information content (AvgIpc) is 2.27. The van der Waals surface area contributed by atoms with Crippen LogP contribution in [0.4, 0.5) is 11.4 Å². The highest BCUT2D eigenvalue weighted by atomic mass is 32.2. The normalized spacial score (nSPS) is 10.3. The zero-order chi connectivity index (χ0) is 13.8. The summed E-state index contributed by atoms with van der Waals surface area (Å²) in [5, 5.41) is 13.7. The van der Waals surface area contributed by atoms with Gasteiger partial charge in [0, 0.05) is 6.26 Å². The molecule has 7 heteroatoms. The van der Waals surface area contributed by atoms with Gasteiger partial charge in [0.2, 0.25) is 0 Å². The maximum Gasteiger partial charge on any atom is 0.310 e. The molecule has 18 heavy (non-hydrogen) atoms. The van der Waals surface area contributed by atoms with Gasteiger partial charge < -0.3 is 5.32 Å². The standard InChI is InChI=1S/C11H12N2O4S/c1-3-4-8-12-9-6-5-7-10(18(2,16)17)11(9)13(14)15/h5-7,12H,8H2,1-2H3. The molecule has 0 aliphatic rings. The Hall–Kier alpha value is -2.07. The van der Waals surface area contributed by atoms with E-state index in [1.807, 2.05) is 0 Å². The number of benzene rings is 1. The van der Waals surface area contributed by atoms with Crippen molar-refractivity contribution in [3.63, 3.8) is 0 Å². The van der Waals surface area contributed by atoms with Gasteiger partial charge in [-0.05, 0) is 19.1 Å². The van der Waals surface area contributed by atoms with Crippen LogP contribution in [0, 0.1) is 22.0 Å². The van der Waals surface area contributed by atoms with E-state index in [4.69, 9.17) is 0 Å². The average molecular weight is 268 g/mol. The Morgan fingerprint density at radius 1 is 1.44 bits per heavy atom. The smallest absolute Gasteiger partial charge is 0.310 e. The molecule has 1 rings (SSSR count). The van der Waals surface area contributed by atoms with Crippen molar-refractivity contribution in [1.82, 2.24) is 0 Å². The summed E-state index contributed by atoms with van der Waals surface area (Å²) >= 11 is 0.